The molecule has 94 valence electrons. The molecule has 1 N–H and O–H groups in total. The van der Waals surface area contributed by atoms with E-state index in [-0.39, 0.29) is 5.69 Å². The summed E-state index contributed by atoms with van der Waals surface area (Å²) < 4.78 is 2.57. The Morgan fingerprint density at radius 1 is 1.16 bits per heavy atom. The Kier molecular flexibility index (Phi) is 2.83. The largest absolute Gasteiger partial charge is 0.477 e. The van der Waals surface area contributed by atoms with E-state index in [1.54, 1.807) is 28.8 Å². The normalized spacial score (nSPS) is 10.8. The predicted octanol–water partition coefficient (Wildman–Crippen LogP) is 3.46. The van der Waals surface area contributed by atoms with Gasteiger partial charge in [-0.3, -0.25) is 4.40 Å². The molecule has 0 bridgehead atoms. The first kappa shape index (κ1) is 11.9. The van der Waals surface area contributed by atoms with E-state index in [1.165, 1.54) is 0 Å². The molecule has 3 rings (SSSR count). The standard InChI is InChI=1S/C14H9BrN2O2/c15-10-6-4-9(5-7-10)11-8-17-12(14(18)19)2-1-3-13(17)16-11/h1-8H,(H,18,19). The van der Waals surface area contributed by atoms with Crippen molar-refractivity contribution in [1.82, 2.24) is 9.38 Å². The number of benzene rings is 1. The van der Waals surface area contributed by atoms with E-state index in [9.17, 15) is 4.79 Å². The minimum Gasteiger partial charge on any atom is -0.477 e. The molecule has 0 radical (unpaired) electrons. The van der Waals surface area contributed by atoms with Gasteiger partial charge >= 0.3 is 5.97 Å². The molecule has 19 heavy (non-hydrogen) atoms. The summed E-state index contributed by atoms with van der Waals surface area (Å²) in [7, 11) is 0. The number of hydrogen-bond donors (Lipinski definition) is 1. The number of nitrogens with zero attached hydrogens (tertiary/aromatic N) is 2. The highest BCUT2D eigenvalue weighted by atomic mass is 79.9. The fraction of sp³-hybridized carbons (Fsp3) is 0. The van der Waals surface area contributed by atoms with Gasteiger partial charge in [-0.05, 0) is 24.3 Å². The summed E-state index contributed by atoms with van der Waals surface area (Å²) in [6, 6.07) is 12.8. The van der Waals surface area contributed by atoms with Crippen LogP contribution in [0.1, 0.15) is 10.5 Å². The van der Waals surface area contributed by atoms with Gasteiger partial charge in [0.25, 0.3) is 0 Å². The Balaban J connectivity index is 2.19. The zero-order valence-electron chi connectivity index (χ0n) is 9.75. The molecular weight excluding hydrogens is 308 g/mol. The van der Waals surface area contributed by atoms with Crippen molar-refractivity contribution in [2.45, 2.75) is 0 Å². The molecule has 4 nitrogen and oxygen atoms in total. The highest BCUT2D eigenvalue weighted by Crippen LogP contribution is 2.22. The molecule has 0 aliphatic heterocycles. The van der Waals surface area contributed by atoms with E-state index >= 15 is 0 Å². The number of aromatic nitrogens is 2. The molecule has 0 unspecified atom stereocenters. The maximum atomic E-state index is 11.2. The second kappa shape index (κ2) is 4.51. The number of carboxylic acid groups (broad SMARTS) is 1. The van der Waals surface area contributed by atoms with Crippen LogP contribution >= 0.6 is 15.9 Å². The fourth-order valence-electron chi connectivity index (χ4n) is 1.94. The molecule has 2 aromatic heterocycles. The van der Waals surface area contributed by atoms with Gasteiger partial charge in [0.05, 0.1) is 5.69 Å². The summed E-state index contributed by atoms with van der Waals surface area (Å²) in [6.45, 7) is 0. The van der Waals surface area contributed by atoms with Crippen molar-refractivity contribution in [3.63, 3.8) is 0 Å². The predicted molar refractivity (Wildman–Crippen MR) is 75.3 cm³/mol. The molecular formula is C14H9BrN2O2. The Labute approximate surface area is 117 Å². The fourth-order valence-corrected chi connectivity index (χ4v) is 2.21. The smallest absolute Gasteiger partial charge is 0.352 e. The van der Waals surface area contributed by atoms with Crippen LogP contribution < -0.4 is 0 Å². The van der Waals surface area contributed by atoms with Gasteiger partial charge in [0, 0.05) is 16.2 Å². The lowest BCUT2D eigenvalue weighted by Crippen LogP contribution is -2.03. The van der Waals surface area contributed by atoms with Gasteiger partial charge < -0.3 is 5.11 Å². The summed E-state index contributed by atoms with van der Waals surface area (Å²) in [5, 5.41) is 9.14. The third-order valence-corrected chi connectivity index (χ3v) is 3.38. The number of rotatable bonds is 2. The minimum atomic E-state index is -0.967. The molecule has 2 heterocycles. The summed E-state index contributed by atoms with van der Waals surface area (Å²) in [4.78, 5) is 15.6. The van der Waals surface area contributed by atoms with E-state index < -0.39 is 5.97 Å². The highest BCUT2D eigenvalue weighted by Gasteiger charge is 2.11. The monoisotopic (exact) mass is 316 g/mol. The van der Waals surface area contributed by atoms with Gasteiger partial charge in [0.2, 0.25) is 0 Å². The van der Waals surface area contributed by atoms with Crippen LogP contribution in [-0.2, 0) is 0 Å². The van der Waals surface area contributed by atoms with Crippen LogP contribution in [0.3, 0.4) is 0 Å². The van der Waals surface area contributed by atoms with Gasteiger partial charge in [-0.1, -0.05) is 34.1 Å². The molecule has 0 atom stereocenters. The van der Waals surface area contributed by atoms with Gasteiger partial charge in [0.15, 0.2) is 0 Å². The first-order valence-electron chi connectivity index (χ1n) is 5.62. The zero-order valence-corrected chi connectivity index (χ0v) is 11.3. The molecule has 1 aromatic carbocycles. The lowest BCUT2D eigenvalue weighted by molar-refractivity contribution is 0.0689. The van der Waals surface area contributed by atoms with Gasteiger partial charge in [-0.15, -0.1) is 0 Å². The Bertz CT molecular complexity index is 763. The molecule has 0 fully saturated rings. The van der Waals surface area contributed by atoms with Crippen LogP contribution in [0.2, 0.25) is 0 Å². The number of carboxylic acids is 1. The highest BCUT2D eigenvalue weighted by molar-refractivity contribution is 9.10. The van der Waals surface area contributed by atoms with Crippen molar-refractivity contribution in [1.29, 1.82) is 0 Å². The van der Waals surface area contributed by atoms with E-state index in [0.29, 0.717) is 5.65 Å². The summed E-state index contributed by atoms with van der Waals surface area (Å²) in [5.74, 6) is -0.967. The maximum absolute atomic E-state index is 11.2. The summed E-state index contributed by atoms with van der Waals surface area (Å²) >= 11 is 3.38. The quantitative estimate of drug-likeness (QED) is 0.787. The molecule has 0 aliphatic carbocycles. The summed E-state index contributed by atoms with van der Waals surface area (Å²) in [5.41, 5.74) is 2.52. The molecule has 0 saturated carbocycles. The van der Waals surface area contributed by atoms with E-state index in [1.807, 2.05) is 24.3 Å². The number of fused-ring (bicyclic) bond motifs is 1. The van der Waals surface area contributed by atoms with Gasteiger partial charge in [-0.25, -0.2) is 9.78 Å². The zero-order chi connectivity index (χ0) is 13.4. The number of imidazole rings is 1. The van der Waals surface area contributed by atoms with Crippen LogP contribution in [-0.4, -0.2) is 20.5 Å². The van der Waals surface area contributed by atoms with Gasteiger partial charge in [-0.2, -0.15) is 0 Å². The van der Waals surface area contributed by atoms with Crippen molar-refractivity contribution >= 4 is 27.5 Å². The van der Waals surface area contributed by atoms with Gasteiger partial charge in [0.1, 0.15) is 11.3 Å². The molecule has 0 spiro atoms. The van der Waals surface area contributed by atoms with Crippen molar-refractivity contribution < 1.29 is 9.90 Å². The Hall–Kier alpha value is -2.14. The average Bonchev–Trinajstić information content (AvgIpc) is 2.82. The number of carbonyl (C=O) groups is 1. The Morgan fingerprint density at radius 2 is 1.89 bits per heavy atom. The van der Waals surface area contributed by atoms with Crippen molar-refractivity contribution in [3.8, 4) is 11.3 Å². The first-order valence-corrected chi connectivity index (χ1v) is 6.42. The second-order valence-electron chi connectivity index (χ2n) is 4.08. The number of pyridine rings is 1. The number of aromatic carboxylic acids is 1. The lowest BCUT2D eigenvalue weighted by Gasteiger charge is -1.98. The molecule has 3 aromatic rings. The third-order valence-electron chi connectivity index (χ3n) is 2.85. The minimum absolute atomic E-state index is 0.202. The second-order valence-corrected chi connectivity index (χ2v) is 4.99. The summed E-state index contributed by atoms with van der Waals surface area (Å²) in [6.07, 6.45) is 1.74. The maximum Gasteiger partial charge on any atom is 0.352 e. The van der Waals surface area contributed by atoms with Crippen LogP contribution in [0.4, 0.5) is 0 Å². The van der Waals surface area contributed by atoms with Crippen LogP contribution in [0.5, 0.6) is 0 Å². The van der Waals surface area contributed by atoms with Crippen molar-refractivity contribution in [3.05, 3.63) is 58.8 Å². The molecule has 0 amide bonds. The van der Waals surface area contributed by atoms with E-state index in [2.05, 4.69) is 20.9 Å². The third kappa shape index (κ3) is 2.13. The topological polar surface area (TPSA) is 54.6 Å². The van der Waals surface area contributed by atoms with E-state index in [0.717, 1.165) is 15.7 Å². The molecule has 0 saturated heterocycles. The first-order chi connectivity index (χ1) is 9.15. The van der Waals surface area contributed by atoms with Crippen molar-refractivity contribution in [2.24, 2.45) is 0 Å². The number of halogens is 1. The van der Waals surface area contributed by atoms with Crippen molar-refractivity contribution in [2.75, 3.05) is 0 Å². The molecule has 5 heteroatoms. The van der Waals surface area contributed by atoms with Crippen LogP contribution in [0, 0.1) is 0 Å². The molecule has 0 aliphatic rings. The van der Waals surface area contributed by atoms with Crippen LogP contribution in [0.15, 0.2) is 53.1 Å². The average molecular weight is 317 g/mol. The SMILES string of the molecule is O=C(O)c1cccc2nc(-c3ccc(Br)cc3)cn12. The lowest BCUT2D eigenvalue weighted by atomic mass is 10.2. The van der Waals surface area contributed by atoms with E-state index in [4.69, 9.17) is 5.11 Å². The Morgan fingerprint density at radius 3 is 2.58 bits per heavy atom. The van der Waals surface area contributed by atoms with Crippen LogP contribution in [0.25, 0.3) is 16.9 Å². The number of hydrogen-bond acceptors (Lipinski definition) is 2.